The fourth-order valence-corrected chi connectivity index (χ4v) is 3.29. The summed E-state index contributed by atoms with van der Waals surface area (Å²) in [6.45, 7) is 5.21. The van der Waals surface area contributed by atoms with Gasteiger partial charge in [-0.1, -0.05) is 48.0 Å². The van der Waals surface area contributed by atoms with E-state index in [4.69, 9.17) is 13.7 Å². The highest BCUT2D eigenvalue weighted by Gasteiger charge is 2.36. The first-order valence-electron chi connectivity index (χ1n) is 8.35. The molecule has 3 rings (SSSR count). The molecule has 2 atom stereocenters. The summed E-state index contributed by atoms with van der Waals surface area (Å²) in [7, 11) is 0. The Balaban J connectivity index is 1.40. The third-order valence-corrected chi connectivity index (χ3v) is 4.85. The highest BCUT2D eigenvalue weighted by molar-refractivity contribution is 7.94. The molecular weight excluding hydrogens is 320 g/mol. The monoisotopic (exact) mass is 344 g/mol. The van der Waals surface area contributed by atoms with Gasteiger partial charge in [0.25, 0.3) is 0 Å². The summed E-state index contributed by atoms with van der Waals surface area (Å²) in [5, 5.41) is 0. The van der Waals surface area contributed by atoms with Crippen LogP contribution in [0.2, 0.25) is 0 Å². The van der Waals surface area contributed by atoms with Crippen molar-refractivity contribution in [2.24, 2.45) is 0 Å². The van der Waals surface area contributed by atoms with Gasteiger partial charge < -0.3 is 13.7 Å². The lowest BCUT2D eigenvalue weighted by molar-refractivity contribution is -0.160. The highest BCUT2D eigenvalue weighted by atomic mass is 32.2. The van der Waals surface area contributed by atoms with Gasteiger partial charge in [-0.15, -0.1) is 0 Å². The van der Waals surface area contributed by atoms with Crippen molar-refractivity contribution in [3.63, 3.8) is 0 Å². The van der Waals surface area contributed by atoms with Gasteiger partial charge in [-0.25, -0.2) is 0 Å². The molecule has 0 radical (unpaired) electrons. The maximum absolute atomic E-state index is 6.07. The van der Waals surface area contributed by atoms with Crippen LogP contribution in [0.3, 0.4) is 0 Å². The third kappa shape index (κ3) is 5.08. The zero-order chi connectivity index (χ0) is 16.8. The van der Waals surface area contributed by atoms with Gasteiger partial charge in [0.1, 0.15) is 6.10 Å². The zero-order valence-corrected chi connectivity index (χ0v) is 15.1. The van der Waals surface area contributed by atoms with Crippen molar-refractivity contribution in [1.82, 2.24) is 0 Å². The molecule has 0 amide bonds. The number of aryl methyl sites for hydroxylation is 2. The van der Waals surface area contributed by atoms with E-state index in [0.717, 1.165) is 17.7 Å². The molecule has 128 valence electrons. The molecule has 2 aromatic carbocycles. The molecule has 0 bridgehead atoms. The van der Waals surface area contributed by atoms with Gasteiger partial charge in [-0.05, 0) is 38.0 Å². The van der Waals surface area contributed by atoms with Crippen molar-refractivity contribution in [3.8, 4) is 0 Å². The fraction of sp³-hybridized carbons (Fsp3) is 0.400. The molecule has 1 fully saturated rings. The van der Waals surface area contributed by atoms with E-state index in [9.17, 15) is 0 Å². The Kier molecular flexibility index (Phi) is 5.95. The minimum absolute atomic E-state index is 0.0104. The average molecular weight is 344 g/mol. The third-order valence-electron chi connectivity index (χ3n) is 4.13. The predicted octanol–water partition coefficient (Wildman–Crippen LogP) is 4.78. The van der Waals surface area contributed by atoms with Gasteiger partial charge in [0.15, 0.2) is 5.79 Å². The van der Waals surface area contributed by atoms with Crippen LogP contribution in [0.15, 0.2) is 59.5 Å². The first kappa shape index (κ1) is 17.5. The molecule has 1 heterocycles. The van der Waals surface area contributed by atoms with Crippen LogP contribution in [0, 0.1) is 6.92 Å². The van der Waals surface area contributed by atoms with E-state index < -0.39 is 5.79 Å². The van der Waals surface area contributed by atoms with E-state index >= 15 is 0 Å². The Hall–Kier alpha value is -1.33. The smallest absolute Gasteiger partial charge is 0.166 e. The van der Waals surface area contributed by atoms with Crippen LogP contribution in [0.1, 0.15) is 24.5 Å². The van der Waals surface area contributed by atoms with Crippen molar-refractivity contribution in [1.29, 1.82) is 0 Å². The lowest BCUT2D eigenvalue weighted by Gasteiger charge is -2.23. The molecule has 0 spiro atoms. The van der Waals surface area contributed by atoms with Crippen molar-refractivity contribution in [2.45, 2.75) is 43.5 Å². The largest absolute Gasteiger partial charge is 0.347 e. The first-order valence-corrected chi connectivity index (χ1v) is 9.09. The van der Waals surface area contributed by atoms with Crippen LogP contribution in [0.25, 0.3) is 0 Å². The predicted molar refractivity (Wildman–Crippen MR) is 97.0 cm³/mol. The summed E-state index contributed by atoms with van der Waals surface area (Å²) in [5.41, 5.74) is 2.56. The number of rotatable bonds is 7. The Morgan fingerprint density at radius 3 is 2.62 bits per heavy atom. The average Bonchev–Trinajstić information content (AvgIpc) is 2.98. The minimum atomic E-state index is -0.515. The van der Waals surface area contributed by atoms with Crippen LogP contribution in [-0.4, -0.2) is 25.1 Å². The molecule has 1 aliphatic heterocycles. The second kappa shape index (κ2) is 8.17. The van der Waals surface area contributed by atoms with Crippen LogP contribution < -0.4 is 0 Å². The summed E-state index contributed by atoms with van der Waals surface area (Å²) in [4.78, 5) is 1.10. The van der Waals surface area contributed by atoms with E-state index in [0.29, 0.717) is 13.2 Å². The fourth-order valence-electron chi connectivity index (χ4n) is 2.69. The molecule has 1 saturated heterocycles. The topological polar surface area (TPSA) is 27.7 Å². The number of hydrogen-bond donors (Lipinski definition) is 0. The summed E-state index contributed by atoms with van der Waals surface area (Å²) < 4.78 is 17.7. The highest BCUT2D eigenvalue weighted by Crippen LogP contribution is 2.29. The number of ether oxygens (including phenoxy) is 2. The molecule has 2 unspecified atom stereocenters. The molecule has 0 N–H and O–H groups in total. The van der Waals surface area contributed by atoms with Gasteiger partial charge in [-0.2, -0.15) is 0 Å². The molecule has 0 aliphatic carbocycles. The Morgan fingerprint density at radius 1 is 1.12 bits per heavy atom. The normalized spacial score (nSPS) is 23.5. The molecule has 0 saturated carbocycles. The van der Waals surface area contributed by atoms with Crippen molar-refractivity contribution in [2.75, 3.05) is 13.2 Å². The van der Waals surface area contributed by atoms with Crippen molar-refractivity contribution in [3.05, 3.63) is 65.7 Å². The van der Waals surface area contributed by atoms with Gasteiger partial charge in [0, 0.05) is 23.4 Å². The lowest BCUT2D eigenvalue weighted by Crippen LogP contribution is -2.28. The van der Waals surface area contributed by atoms with Gasteiger partial charge in [0.05, 0.1) is 13.2 Å². The molecule has 4 heteroatoms. The quantitative estimate of drug-likeness (QED) is 0.676. The molecule has 1 aliphatic rings. The zero-order valence-electron chi connectivity index (χ0n) is 14.2. The first-order chi connectivity index (χ1) is 11.6. The van der Waals surface area contributed by atoms with Gasteiger partial charge >= 0.3 is 0 Å². The van der Waals surface area contributed by atoms with E-state index in [2.05, 4.69) is 55.5 Å². The van der Waals surface area contributed by atoms with Crippen molar-refractivity contribution >= 4 is 12.0 Å². The lowest BCUT2D eigenvalue weighted by atomic mass is 10.1. The molecular formula is C20H24O3S. The minimum Gasteiger partial charge on any atom is -0.347 e. The number of hydrogen-bond acceptors (Lipinski definition) is 4. The van der Waals surface area contributed by atoms with Crippen LogP contribution >= 0.6 is 12.0 Å². The Morgan fingerprint density at radius 2 is 1.88 bits per heavy atom. The molecule has 3 nitrogen and oxygen atoms in total. The number of benzene rings is 2. The molecule has 2 aromatic rings. The maximum Gasteiger partial charge on any atom is 0.166 e. The van der Waals surface area contributed by atoms with Gasteiger partial charge in [-0.3, -0.25) is 0 Å². The Bertz CT molecular complexity index is 629. The van der Waals surface area contributed by atoms with E-state index in [-0.39, 0.29) is 6.10 Å². The Labute approximate surface area is 148 Å². The van der Waals surface area contributed by atoms with Crippen LogP contribution in [0.4, 0.5) is 0 Å². The summed E-state index contributed by atoms with van der Waals surface area (Å²) in [5.74, 6) is -0.515. The van der Waals surface area contributed by atoms with Crippen LogP contribution in [0.5, 0.6) is 0 Å². The maximum atomic E-state index is 6.07. The van der Waals surface area contributed by atoms with Crippen molar-refractivity contribution < 1.29 is 13.7 Å². The summed E-state index contributed by atoms with van der Waals surface area (Å²) in [6.07, 6.45) is 1.78. The second-order valence-corrected chi connectivity index (χ2v) is 7.22. The van der Waals surface area contributed by atoms with Gasteiger partial charge in [0.2, 0.25) is 0 Å². The van der Waals surface area contributed by atoms with E-state index in [1.165, 1.54) is 23.2 Å². The van der Waals surface area contributed by atoms with Crippen LogP contribution in [-0.2, 0) is 20.1 Å². The standard InChI is InChI=1S/C20H24O3S/c1-16-8-10-19(11-9-16)24-22-15-18-14-21-20(2,23-18)13-12-17-6-4-3-5-7-17/h3-11,18H,12-15H2,1-2H3. The molecule has 0 aromatic heterocycles. The SMILES string of the molecule is Cc1ccc(SOCC2COC(C)(CCc3ccccc3)O2)cc1. The van der Waals surface area contributed by atoms with E-state index in [1.54, 1.807) is 0 Å². The molecule has 24 heavy (non-hydrogen) atoms. The summed E-state index contributed by atoms with van der Waals surface area (Å²) in [6, 6.07) is 18.7. The van der Waals surface area contributed by atoms with E-state index in [1.807, 2.05) is 13.0 Å². The second-order valence-electron chi connectivity index (χ2n) is 6.35. The summed E-state index contributed by atoms with van der Waals surface area (Å²) >= 11 is 1.39.